The summed E-state index contributed by atoms with van der Waals surface area (Å²) in [6.45, 7) is 6.32. The van der Waals surface area contributed by atoms with Gasteiger partial charge in [0.05, 0.1) is 18.8 Å². The zero-order chi connectivity index (χ0) is 15.5. The lowest BCUT2D eigenvalue weighted by atomic mass is 10.2. The molecule has 3 rings (SSSR count). The first kappa shape index (κ1) is 15.0. The van der Waals surface area contributed by atoms with Crippen LogP contribution in [0.25, 0.3) is 0 Å². The van der Waals surface area contributed by atoms with Crippen LogP contribution in [0.1, 0.15) is 41.5 Å². The molecule has 0 bridgehead atoms. The second-order valence-corrected chi connectivity index (χ2v) is 5.79. The first-order valence-corrected chi connectivity index (χ1v) is 7.77. The van der Waals surface area contributed by atoms with Crippen LogP contribution in [-0.2, 0) is 17.8 Å². The highest BCUT2D eigenvalue weighted by molar-refractivity contribution is 5.37. The van der Waals surface area contributed by atoms with E-state index < -0.39 is 0 Å². The van der Waals surface area contributed by atoms with Crippen molar-refractivity contribution in [3.63, 3.8) is 0 Å². The van der Waals surface area contributed by atoms with Gasteiger partial charge in [-0.1, -0.05) is 0 Å². The number of rotatable bonds is 7. The molecule has 0 aliphatic heterocycles. The highest BCUT2D eigenvalue weighted by Gasteiger charge is 2.26. The average Bonchev–Trinajstić information content (AvgIpc) is 3.32. The summed E-state index contributed by atoms with van der Waals surface area (Å²) < 4.78 is 7.13. The molecule has 1 aliphatic rings. The minimum absolute atomic E-state index is 0.571. The Morgan fingerprint density at radius 3 is 2.91 bits per heavy atom. The van der Waals surface area contributed by atoms with Gasteiger partial charge in [0.1, 0.15) is 11.6 Å². The lowest BCUT2D eigenvalue weighted by Crippen LogP contribution is -2.09. The molecular formula is C16H23N5O. The summed E-state index contributed by atoms with van der Waals surface area (Å²) in [5.41, 5.74) is 3.46. The Morgan fingerprint density at radius 2 is 2.18 bits per heavy atom. The van der Waals surface area contributed by atoms with E-state index in [9.17, 15) is 0 Å². The van der Waals surface area contributed by atoms with Crippen molar-refractivity contribution in [3.8, 4) is 0 Å². The van der Waals surface area contributed by atoms with Gasteiger partial charge in [0.2, 0.25) is 0 Å². The van der Waals surface area contributed by atoms with Gasteiger partial charge in [0, 0.05) is 37.0 Å². The molecule has 0 atom stereocenters. The van der Waals surface area contributed by atoms with Gasteiger partial charge in [0.15, 0.2) is 0 Å². The van der Waals surface area contributed by atoms with E-state index in [-0.39, 0.29) is 0 Å². The molecule has 118 valence electrons. The molecular weight excluding hydrogens is 278 g/mol. The van der Waals surface area contributed by atoms with Gasteiger partial charge in [-0.05, 0) is 32.8 Å². The third-order valence-electron chi connectivity index (χ3n) is 4.10. The van der Waals surface area contributed by atoms with Crippen LogP contribution < -0.4 is 5.32 Å². The van der Waals surface area contributed by atoms with Crippen molar-refractivity contribution in [3.05, 3.63) is 35.0 Å². The molecule has 2 aromatic rings. The highest BCUT2D eigenvalue weighted by Crippen LogP contribution is 2.38. The van der Waals surface area contributed by atoms with Gasteiger partial charge in [0.25, 0.3) is 0 Å². The van der Waals surface area contributed by atoms with Gasteiger partial charge < -0.3 is 10.1 Å². The van der Waals surface area contributed by atoms with E-state index in [4.69, 9.17) is 4.74 Å². The lowest BCUT2D eigenvalue weighted by molar-refractivity contribution is 0.182. The zero-order valence-corrected chi connectivity index (χ0v) is 13.5. The van der Waals surface area contributed by atoms with Crippen molar-refractivity contribution in [1.82, 2.24) is 19.7 Å². The monoisotopic (exact) mass is 301 g/mol. The summed E-state index contributed by atoms with van der Waals surface area (Å²) in [6, 6.07) is 1.92. The molecule has 1 fully saturated rings. The minimum atomic E-state index is 0.571. The van der Waals surface area contributed by atoms with E-state index in [1.54, 1.807) is 7.11 Å². The van der Waals surface area contributed by atoms with Crippen molar-refractivity contribution in [2.75, 3.05) is 19.0 Å². The Labute approximate surface area is 130 Å². The number of anilines is 1. The molecule has 0 radical (unpaired) electrons. The van der Waals surface area contributed by atoms with E-state index in [2.05, 4.69) is 27.3 Å². The van der Waals surface area contributed by atoms with Gasteiger partial charge >= 0.3 is 0 Å². The van der Waals surface area contributed by atoms with Crippen LogP contribution in [0.3, 0.4) is 0 Å². The first-order valence-electron chi connectivity index (χ1n) is 7.77. The molecule has 1 N–H and O–H groups in total. The molecule has 0 aromatic carbocycles. The Kier molecular flexibility index (Phi) is 4.38. The molecule has 0 amide bonds. The summed E-state index contributed by atoms with van der Waals surface area (Å²) in [5.74, 6) is 2.43. The van der Waals surface area contributed by atoms with Gasteiger partial charge in [-0.25, -0.2) is 9.97 Å². The Balaban J connectivity index is 1.68. The normalized spacial score (nSPS) is 14.3. The van der Waals surface area contributed by atoms with Crippen LogP contribution in [0.2, 0.25) is 0 Å². The molecule has 6 nitrogen and oxygen atoms in total. The standard InChI is InChI=1S/C16H23N5O/c1-11-14(12(2)21(20-11)8-9-22-3)10-18-15-6-7-17-16(19-15)13-4-5-13/h6-7,13H,4-5,8-10H2,1-3H3,(H,17,18,19). The van der Waals surface area contributed by atoms with Crippen molar-refractivity contribution >= 4 is 5.82 Å². The molecule has 0 spiro atoms. The second-order valence-electron chi connectivity index (χ2n) is 5.79. The van der Waals surface area contributed by atoms with Gasteiger partial charge in [-0.2, -0.15) is 5.10 Å². The van der Waals surface area contributed by atoms with Crippen LogP contribution in [0.15, 0.2) is 12.3 Å². The second kappa shape index (κ2) is 6.44. The molecule has 0 saturated heterocycles. The Bertz CT molecular complexity index is 648. The number of methoxy groups -OCH3 is 1. The molecule has 1 saturated carbocycles. The smallest absolute Gasteiger partial charge is 0.133 e. The molecule has 1 aliphatic carbocycles. The fourth-order valence-electron chi connectivity index (χ4n) is 2.57. The summed E-state index contributed by atoms with van der Waals surface area (Å²) >= 11 is 0. The number of hydrogen-bond donors (Lipinski definition) is 1. The van der Waals surface area contributed by atoms with Crippen LogP contribution in [0.5, 0.6) is 0 Å². The molecule has 2 heterocycles. The third-order valence-corrected chi connectivity index (χ3v) is 4.10. The van der Waals surface area contributed by atoms with E-state index in [1.165, 1.54) is 24.1 Å². The fraction of sp³-hybridized carbons (Fsp3) is 0.562. The van der Waals surface area contributed by atoms with Crippen molar-refractivity contribution in [2.24, 2.45) is 0 Å². The van der Waals surface area contributed by atoms with Crippen molar-refractivity contribution in [1.29, 1.82) is 0 Å². The summed E-state index contributed by atoms with van der Waals surface area (Å²) in [6.07, 6.45) is 4.27. The number of aryl methyl sites for hydroxylation is 1. The van der Waals surface area contributed by atoms with E-state index in [1.807, 2.05) is 23.9 Å². The topological polar surface area (TPSA) is 64.9 Å². The summed E-state index contributed by atoms with van der Waals surface area (Å²) in [7, 11) is 1.71. The average molecular weight is 301 g/mol. The number of hydrogen-bond acceptors (Lipinski definition) is 5. The number of aromatic nitrogens is 4. The largest absolute Gasteiger partial charge is 0.383 e. The summed E-state index contributed by atoms with van der Waals surface area (Å²) in [4.78, 5) is 8.94. The Hall–Kier alpha value is -1.95. The summed E-state index contributed by atoms with van der Waals surface area (Å²) in [5, 5.41) is 7.98. The lowest BCUT2D eigenvalue weighted by Gasteiger charge is -2.08. The number of ether oxygens (including phenoxy) is 1. The molecule has 6 heteroatoms. The predicted molar refractivity (Wildman–Crippen MR) is 84.9 cm³/mol. The number of nitrogens with zero attached hydrogens (tertiary/aromatic N) is 4. The molecule has 22 heavy (non-hydrogen) atoms. The van der Waals surface area contributed by atoms with Gasteiger partial charge in [-0.15, -0.1) is 0 Å². The third kappa shape index (κ3) is 3.27. The molecule has 0 unspecified atom stereocenters. The van der Waals surface area contributed by atoms with E-state index in [0.29, 0.717) is 12.5 Å². The molecule has 2 aromatic heterocycles. The fourth-order valence-corrected chi connectivity index (χ4v) is 2.57. The first-order chi connectivity index (χ1) is 10.7. The SMILES string of the molecule is COCCn1nc(C)c(CNc2ccnc(C3CC3)n2)c1C. The maximum Gasteiger partial charge on any atom is 0.133 e. The van der Waals surface area contributed by atoms with Gasteiger partial charge in [-0.3, -0.25) is 4.68 Å². The Morgan fingerprint density at radius 1 is 1.36 bits per heavy atom. The van der Waals surface area contributed by atoms with Crippen LogP contribution in [0, 0.1) is 13.8 Å². The van der Waals surface area contributed by atoms with E-state index >= 15 is 0 Å². The number of nitrogens with one attached hydrogen (secondary N) is 1. The maximum absolute atomic E-state index is 5.13. The van der Waals surface area contributed by atoms with Crippen LogP contribution in [-0.4, -0.2) is 33.5 Å². The van der Waals surface area contributed by atoms with E-state index in [0.717, 1.165) is 30.4 Å². The predicted octanol–water partition coefficient (Wildman–Crippen LogP) is 2.43. The minimum Gasteiger partial charge on any atom is -0.383 e. The van der Waals surface area contributed by atoms with Crippen LogP contribution in [0.4, 0.5) is 5.82 Å². The highest BCUT2D eigenvalue weighted by atomic mass is 16.5. The van der Waals surface area contributed by atoms with Crippen molar-refractivity contribution in [2.45, 2.75) is 45.7 Å². The quantitative estimate of drug-likeness (QED) is 0.851. The zero-order valence-electron chi connectivity index (χ0n) is 13.5. The van der Waals surface area contributed by atoms with Crippen LogP contribution >= 0.6 is 0 Å². The van der Waals surface area contributed by atoms with Crippen molar-refractivity contribution < 1.29 is 4.74 Å². The maximum atomic E-state index is 5.13.